The van der Waals surface area contributed by atoms with Crippen molar-refractivity contribution in [2.45, 2.75) is 26.5 Å². The minimum Gasteiger partial charge on any atom is -0.486 e. The van der Waals surface area contributed by atoms with Crippen molar-refractivity contribution in [1.29, 1.82) is 0 Å². The first-order chi connectivity index (χ1) is 10.2. The van der Waals surface area contributed by atoms with Gasteiger partial charge in [0.2, 0.25) is 0 Å². The number of rotatable bonds is 8. The molecule has 21 heavy (non-hydrogen) atoms. The Labute approximate surface area is 126 Å². The van der Waals surface area contributed by atoms with Gasteiger partial charge in [-0.1, -0.05) is 12.1 Å². The summed E-state index contributed by atoms with van der Waals surface area (Å²) >= 11 is 0. The highest BCUT2D eigenvalue weighted by Gasteiger charge is 2.07. The lowest BCUT2D eigenvalue weighted by Crippen LogP contribution is -2.04. The molecule has 114 valence electrons. The summed E-state index contributed by atoms with van der Waals surface area (Å²) in [5.74, 6) is 2.64. The second-order valence-electron chi connectivity index (χ2n) is 5.00. The van der Waals surface area contributed by atoms with E-state index in [1.807, 2.05) is 32.2 Å². The van der Waals surface area contributed by atoms with Crippen LogP contribution in [0.15, 0.2) is 34.7 Å². The van der Waals surface area contributed by atoms with Gasteiger partial charge in [0.15, 0.2) is 0 Å². The van der Waals surface area contributed by atoms with E-state index in [-0.39, 0.29) is 0 Å². The predicted octanol–water partition coefficient (Wildman–Crippen LogP) is 3.08. The van der Waals surface area contributed by atoms with Gasteiger partial charge in [-0.15, -0.1) is 0 Å². The molecule has 0 saturated heterocycles. The molecule has 0 saturated carbocycles. The van der Waals surface area contributed by atoms with Crippen molar-refractivity contribution in [1.82, 2.24) is 5.32 Å². The lowest BCUT2D eigenvalue weighted by molar-refractivity contribution is 0.202. The number of ether oxygens (including phenoxy) is 2. The molecule has 0 atom stereocenters. The van der Waals surface area contributed by atoms with Gasteiger partial charge < -0.3 is 19.2 Å². The highest BCUT2D eigenvalue weighted by Crippen LogP contribution is 2.18. The molecule has 4 nitrogen and oxygen atoms in total. The molecule has 2 rings (SSSR count). The van der Waals surface area contributed by atoms with Crippen molar-refractivity contribution in [3.05, 3.63) is 53.0 Å². The summed E-state index contributed by atoms with van der Waals surface area (Å²) in [6.07, 6.45) is 0.918. The van der Waals surface area contributed by atoms with Gasteiger partial charge >= 0.3 is 0 Å². The lowest BCUT2D eigenvalue weighted by Gasteiger charge is -2.05. The van der Waals surface area contributed by atoms with Gasteiger partial charge in [0.1, 0.15) is 23.9 Å². The van der Waals surface area contributed by atoms with Crippen molar-refractivity contribution in [2.75, 3.05) is 20.8 Å². The zero-order valence-corrected chi connectivity index (χ0v) is 12.9. The Morgan fingerprint density at radius 2 is 1.95 bits per heavy atom. The van der Waals surface area contributed by atoms with E-state index in [1.54, 1.807) is 7.11 Å². The minimum absolute atomic E-state index is 0.446. The number of methoxy groups -OCH3 is 1. The maximum absolute atomic E-state index is 5.75. The monoisotopic (exact) mass is 289 g/mol. The van der Waals surface area contributed by atoms with Crippen LogP contribution in [0.5, 0.6) is 5.75 Å². The molecule has 1 aromatic carbocycles. The Bertz CT molecular complexity index is 546. The lowest BCUT2D eigenvalue weighted by atomic mass is 10.1. The summed E-state index contributed by atoms with van der Waals surface area (Å²) in [5.41, 5.74) is 2.42. The first-order valence-electron chi connectivity index (χ1n) is 7.16. The Kier molecular flexibility index (Phi) is 5.84. The number of nitrogens with one attached hydrogen (secondary N) is 1. The first kappa shape index (κ1) is 15.6. The third-order valence-corrected chi connectivity index (χ3v) is 3.34. The largest absolute Gasteiger partial charge is 0.486 e. The van der Waals surface area contributed by atoms with E-state index >= 15 is 0 Å². The zero-order valence-electron chi connectivity index (χ0n) is 12.9. The Morgan fingerprint density at radius 1 is 1.19 bits per heavy atom. The molecule has 2 aromatic rings. The number of hydrogen-bond acceptors (Lipinski definition) is 4. The number of hydrogen-bond donors (Lipinski definition) is 1. The average Bonchev–Trinajstić information content (AvgIpc) is 2.85. The summed E-state index contributed by atoms with van der Waals surface area (Å²) in [4.78, 5) is 0. The molecule has 0 unspecified atom stereocenters. The maximum atomic E-state index is 5.75. The van der Waals surface area contributed by atoms with Crippen molar-refractivity contribution >= 4 is 0 Å². The fourth-order valence-corrected chi connectivity index (χ4v) is 2.15. The van der Waals surface area contributed by atoms with E-state index in [2.05, 4.69) is 17.4 Å². The highest BCUT2D eigenvalue weighted by atomic mass is 16.5. The molecule has 1 heterocycles. The molecular formula is C17H23NO3. The molecule has 0 fully saturated rings. The predicted molar refractivity (Wildman–Crippen MR) is 82.6 cm³/mol. The second-order valence-corrected chi connectivity index (χ2v) is 5.00. The summed E-state index contributed by atoms with van der Waals surface area (Å²) < 4.78 is 16.5. The van der Waals surface area contributed by atoms with Gasteiger partial charge in [-0.05, 0) is 44.2 Å². The second kappa shape index (κ2) is 7.86. The van der Waals surface area contributed by atoms with Gasteiger partial charge in [0.25, 0.3) is 0 Å². The van der Waals surface area contributed by atoms with Crippen molar-refractivity contribution in [3.63, 3.8) is 0 Å². The molecule has 0 aliphatic carbocycles. The molecule has 0 aliphatic heterocycles. The molecule has 0 bridgehead atoms. The van der Waals surface area contributed by atoms with Crippen LogP contribution in [0.4, 0.5) is 0 Å². The SMILES string of the molecule is CNCc1cc(COc2ccc(CCOC)cc2)oc1C. The molecule has 0 radical (unpaired) electrons. The van der Waals surface area contributed by atoms with Crippen LogP contribution in [0.25, 0.3) is 0 Å². The maximum Gasteiger partial charge on any atom is 0.146 e. The topological polar surface area (TPSA) is 43.6 Å². The van der Waals surface area contributed by atoms with E-state index < -0.39 is 0 Å². The van der Waals surface area contributed by atoms with E-state index in [0.717, 1.165) is 36.8 Å². The van der Waals surface area contributed by atoms with Crippen LogP contribution in [0.1, 0.15) is 22.6 Å². The molecule has 0 aliphatic rings. The van der Waals surface area contributed by atoms with Crippen LogP contribution in [-0.2, 0) is 24.3 Å². The number of furan rings is 1. The smallest absolute Gasteiger partial charge is 0.146 e. The number of benzene rings is 1. The molecular weight excluding hydrogens is 266 g/mol. The van der Waals surface area contributed by atoms with Crippen molar-refractivity contribution in [2.24, 2.45) is 0 Å². The fourth-order valence-electron chi connectivity index (χ4n) is 2.15. The van der Waals surface area contributed by atoms with Crippen molar-refractivity contribution < 1.29 is 13.9 Å². The van der Waals surface area contributed by atoms with Gasteiger partial charge in [0.05, 0.1) is 6.61 Å². The third-order valence-electron chi connectivity index (χ3n) is 3.34. The fraction of sp³-hybridized carbons (Fsp3) is 0.412. The molecule has 0 spiro atoms. The van der Waals surface area contributed by atoms with Crippen LogP contribution >= 0.6 is 0 Å². The van der Waals surface area contributed by atoms with E-state index in [1.165, 1.54) is 11.1 Å². The van der Waals surface area contributed by atoms with E-state index in [9.17, 15) is 0 Å². The standard InChI is InChI=1S/C17H23NO3/c1-13-15(11-18-2)10-17(21-13)12-20-16-6-4-14(5-7-16)8-9-19-3/h4-7,10,18H,8-9,11-12H2,1-3H3. The van der Waals surface area contributed by atoms with Gasteiger partial charge in [-0.25, -0.2) is 0 Å². The third kappa shape index (κ3) is 4.62. The van der Waals surface area contributed by atoms with E-state index in [0.29, 0.717) is 6.61 Å². The van der Waals surface area contributed by atoms with Crippen LogP contribution < -0.4 is 10.1 Å². The average molecular weight is 289 g/mol. The van der Waals surface area contributed by atoms with E-state index in [4.69, 9.17) is 13.9 Å². The van der Waals surface area contributed by atoms with Crippen LogP contribution in [0.2, 0.25) is 0 Å². The van der Waals surface area contributed by atoms with Gasteiger partial charge in [-0.2, -0.15) is 0 Å². The summed E-state index contributed by atoms with van der Waals surface area (Å²) in [6.45, 7) is 3.96. The first-order valence-corrected chi connectivity index (χ1v) is 7.16. The van der Waals surface area contributed by atoms with Crippen molar-refractivity contribution in [3.8, 4) is 5.75 Å². The summed E-state index contributed by atoms with van der Waals surface area (Å²) in [6, 6.07) is 10.1. The van der Waals surface area contributed by atoms with Crippen LogP contribution in [0, 0.1) is 6.92 Å². The normalized spacial score (nSPS) is 10.8. The number of aryl methyl sites for hydroxylation is 1. The molecule has 1 aromatic heterocycles. The molecule has 0 amide bonds. The highest BCUT2D eigenvalue weighted by molar-refractivity contribution is 5.28. The van der Waals surface area contributed by atoms with Crippen LogP contribution in [0.3, 0.4) is 0 Å². The summed E-state index contributed by atoms with van der Waals surface area (Å²) in [7, 11) is 3.64. The Hall–Kier alpha value is -1.78. The van der Waals surface area contributed by atoms with Crippen LogP contribution in [-0.4, -0.2) is 20.8 Å². The summed E-state index contributed by atoms with van der Waals surface area (Å²) in [5, 5.41) is 3.12. The molecule has 1 N–H and O–H groups in total. The van der Waals surface area contributed by atoms with Gasteiger partial charge in [0, 0.05) is 19.2 Å². The Morgan fingerprint density at radius 3 is 2.62 bits per heavy atom. The zero-order chi connectivity index (χ0) is 15.1. The molecule has 4 heteroatoms. The Balaban J connectivity index is 1.89. The quantitative estimate of drug-likeness (QED) is 0.811. The minimum atomic E-state index is 0.446. The van der Waals surface area contributed by atoms with Gasteiger partial charge in [-0.3, -0.25) is 0 Å².